The molecule has 23 heavy (non-hydrogen) atoms. The molecule has 1 atom stereocenters. The van der Waals surface area contributed by atoms with Crippen LogP contribution in [0.3, 0.4) is 0 Å². The Morgan fingerprint density at radius 2 is 1.96 bits per heavy atom. The largest absolute Gasteiger partial charge is 0.445 e. The lowest BCUT2D eigenvalue weighted by molar-refractivity contribution is -0.138. The maximum absolute atomic E-state index is 12.4. The summed E-state index contributed by atoms with van der Waals surface area (Å²) < 4.78 is 37.1. The van der Waals surface area contributed by atoms with Crippen molar-refractivity contribution in [1.29, 1.82) is 0 Å². The van der Waals surface area contributed by atoms with Crippen molar-refractivity contribution in [1.82, 2.24) is 15.5 Å². The molecule has 1 aromatic carbocycles. The summed E-state index contributed by atoms with van der Waals surface area (Å²) in [5, 5.41) is 19.2. The van der Waals surface area contributed by atoms with Gasteiger partial charge in [-0.2, -0.15) is 13.2 Å². The minimum Gasteiger partial charge on any atom is -0.387 e. The summed E-state index contributed by atoms with van der Waals surface area (Å²) in [4.78, 5) is 11.6. The van der Waals surface area contributed by atoms with Gasteiger partial charge < -0.3 is 10.4 Å². The van der Waals surface area contributed by atoms with Gasteiger partial charge in [0, 0.05) is 6.54 Å². The highest BCUT2D eigenvalue weighted by Crippen LogP contribution is 2.32. The van der Waals surface area contributed by atoms with Crippen LogP contribution in [0.15, 0.2) is 24.3 Å². The fourth-order valence-corrected chi connectivity index (χ4v) is 2.23. The van der Waals surface area contributed by atoms with E-state index < -0.39 is 23.3 Å². The van der Waals surface area contributed by atoms with E-state index in [2.05, 4.69) is 20.8 Å². The van der Waals surface area contributed by atoms with Crippen LogP contribution in [0.2, 0.25) is 0 Å². The van der Waals surface area contributed by atoms with Crippen molar-refractivity contribution < 1.29 is 23.1 Å². The number of alkyl halides is 3. The van der Waals surface area contributed by atoms with Crippen LogP contribution in [0.25, 0.3) is 0 Å². The molecule has 0 aliphatic rings. The summed E-state index contributed by atoms with van der Waals surface area (Å²) in [6.07, 6.45) is -5.53. The molecular formula is C13H13F3N4O2S. The number of aromatic nitrogens is 2. The first kappa shape index (κ1) is 17.2. The molecular weight excluding hydrogens is 333 g/mol. The molecule has 1 heterocycles. The summed E-state index contributed by atoms with van der Waals surface area (Å²) in [5.41, 5.74) is 1.65. The summed E-state index contributed by atoms with van der Waals surface area (Å²) in [6.45, 7) is 1.80. The molecule has 2 amide bonds. The van der Waals surface area contributed by atoms with Gasteiger partial charge in [0.15, 0.2) is 0 Å². The number of carbonyl (C=O) groups is 1. The topological polar surface area (TPSA) is 87.1 Å². The third kappa shape index (κ3) is 4.89. The SMILES string of the molecule is Cc1ccc([C@H](O)CNC(=O)Nc2nnc(C(F)(F)F)s2)cc1. The molecule has 0 bridgehead atoms. The lowest BCUT2D eigenvalue weighted by Gasteiger charge is -2.12. The molecule has 0 saturated heterocycles. The van der Waals surface area contributed by atoms with Crippen LogP contribution >= 0.6 is 11.3 Å². The molecule has 2 aromatic rings. The number of aliphatic hydroxyl groups is 1. The molecule has 0 spiro atoms. The average Bonchev–Trinajstić information content (AvgIpc) is 2.94. The summed E-state index contributed by atoms with van der Waals surface area (Å²) in [5.74, 6) is 0. The van der Waals surface area contributed by atoms with Crippen molar-refractivity contribution in [3.63, 3.8) is 0 Å². The van der Waals surface area contributed by atoms with Crippen molar-refractivity contribution in [2.24, 2.45) is 0 Å². The fourth-order valence-electron chi connectivity index (χ4n) is 1.63. The first-order valence-corrected chi connectivity index (χ1v) is 7.27. The van der Waals surface area contributed by atoms with E-state index in [1.807, 2.05) is 19.1 Å². The number of carbonyl (C=O) groups excluding carboxylic acids is 1. The van der Waals surface area contributed by atoms with Gasteiger partial charge in [-0.25, -0.2) is 4.79 Å². The highest BCUT2D eigenvalue weighted by Gasteiger charge is 2.35. The van der Waals surface area contributed by atoms with E-state index in [4.69, 9.17) is 0 Å². The number of halogens is 3. The first-order valence-electron chi connectivity index (χ1n) is 6.46. The zero-order valence-electron chi connectivity index (χ0n) is 11.9. The summed E-state index contributed by atoms with van der Waals surface area (Å²) >= 11 is 0.219. The van der Waals surface area contributed by atoms with Gasteiger partial charge in [-0.05, 0) is 12.5 Å². The number of amides is 2. The van der Waals surface area contributed by atoms with Crippen LogP contribution < -0.4 is 10.6 Å². The van der Waals surface area contributed by atoms with Crippen molar-refractivity contribution in [3.05, 3.63) is 40.4 Å². The zero-order valence-corrected chi connectivity index (χ0v) is 12.7. The quantitative estimate of drug-likeness (QED) is 0.794. The van der Waals surface area contributed by atoms with E-state index >= 15 is 0 Å². The Kier molecular flexibility index (Phi) is 5.16. The first-order chi connectivity index (χ1) is 10.8. The van der Waals surface area contributed by atoms with Gasteiger partial charge in [-0.3, -0.25) is 5.32 Å². The van der Waals surface area contributed by atoms with Crippen LogP contribution in [0, 0.1) is 6.92 Å². The van der Waals surface area contributed by atoms with E-state index in [0.717, 1.165) is 5.56 Å². The smallest absolute Gasteiger partial charge is 0.387 e. The van der Waals surface area contributed by atoms with E-state index in [9.17, 15) is 23.1 Å². The normalized spacial score (nSPS) is 12.7. The number of nitrogens with zero attached hydrogens (tertiary/aromatic N) is 2. The maximum Gasteiger partial charge on any atom is 0.445 e. The number of hydrogen-bond donors (Lipinski definition) is 3. The lowest BCUT2D eigenvalue weighted by Crippen LogP contribution is -2.32. The van der Waals surface area contributed by atoms with E-state index in [1.54, 1.807) is 12.1 Å². The Morgan fingerprint density at radius 3 is 2.52 bits per heavy atom. The molecule has 0 aliphatic heterocycles. The van der Waals surface area contributed by atoms with Gasteiger partial charge in [0.05, 0.1) is 6.10 Å². The zero-order chi connectivity index (χ0) is 17.0. The monoisotopic (exact) mass is 346 g/mol. The highest BCUT2D eigenvalue weighted by molar-refractivity contribution is 7.15. The molecule has 1 aromatic heterocycles. The van der Waals surface area contributed by atoms with Gasteiger partial charge in [0.1, 0.15) is 0 Å². The standard InChI is InChI=1S/C13H13F3N4O2S/c1-7-2-4-8(5-3-7)9(21)6-17-11(22)18-12-20-19-10(23-12)13(14,15)16/h2-5,9,21H,6H2,1H3,(H2,17,18,20,22)/t9-/m1/s1. The predicted molar refractivity (Wildman–Crippen MR) is 78.1 cm³/mol. The van der Waals surface area contributed by atoms with Gasteiger partial charge in [-0.15, -0.1) is 10.2 Å². The Labute approximate surface area is 133 Å². The van der Waals surface area contributed by atoms with Crippen molar-refractivity contribution in [2.75, 3.05) is 11.9 Å². The maximum atomic E-state index is 12.4. The number of anilines is 1. The number of nitrogens with one attached hydrogen (secondary N) is 2. The molecule has 2 rings (SSSR count). The van der Waals surface area contributed by atoms with Crippen LogP contribution in [0.4, 0.5) is 23.1 Å². The second-order valence-corrected chi connectivity index (χ2v) is 5.65. The van der Waals surface area contributed by atoms with Gasteiger partial charge >= 0.3 is 12.2 Å². The summed E-state index contributed by atoms with van der Waals surface area (Å²) in [7, 11) is 0. The van der Waals surface area contributed by atoms with E-state index in [0.29, 0.717) is 5.56 Å². The molecule has 0 aliphatic carbocycles. The molecule has 10 heteroatoms. The van der Waals surface area contributed by atoms with E-state index in [1.165, 1.54) is 0 Å². The number of rotatable bonds is 4. The number of aliphatic hydroxyl groups excluding tert-OH is 1. The minimum absolute atomic E-state index is 0.0974. The van der Waals surface area contributed by atoms with Crippen molar-refractivity contribution in [2.45, 2.75) is 19.2 Å². The second kappa shape index (κ2) is 6.92. The molecule has 0 unspecified atom stereocenters. The minimum atomic E-state index is -4.60. The third-order valence-corrected chi connectivity index (χ3v) is 3.69. The molecule has 0 radical (unpaired) electrons. The van der Waals surface area contributed by atoms with Crippen LogP contribution in [0.1, 0.15) is 22.2 Å². The third-order valence-electron chi connectivity index (χ3n) is 2.81. The number of urea groups is 1. The highest BCUT2D eigenvalue weighted by atomic mass is 32.1. The molecule has 124 valence electrons. The van der Waals surface area contributed by atoms with Gasteiger partial charge in [-0.1, -0.05) is 41.2 Å². The van der Waals surface area contributed by atoms with Crippen LogP contribution in [-0.4, -0.2) is 27.9 Å². The van der Waals surface area contributed by atoms with Gasteiger partial charge in [0.25, 0.3) is 0 Å². The Bertz CT molecular complexity index is 673. The number of hydrogen-bond acceptors (Lipinski definition) is 5. The molecule has 0 fully saturated rings. The van der Waals surface area contributed by atoms with Gasteiger partial charge in [0.2, 0.25) is 10.1 Å². The Balaban J connectivity index is 1.85. The Hall–Kier alpha value is -2.20. The van der Waals surface area contributed by atoms with Crippen LogP contribution in [0.5, 0.6) is 0 Å². The van der Waals surface area contributed by atoms with E-state index in [-0.39, 0.29) is 23.0 Å². The van der Waals surface area contributed by atoms with Crippen LogP contribution in [-0.2, 0) is 6.18 Å². The lowest BCUT2D eigenvalue weighted by atomic mass is 10.1. The predicted octanol–water partition coefficient (Wildman–Crippen LogP) is 2.72. The molecule has 6 nitrogen and oxygen atoms in total. The van der Waals surface area contributed by atoms with Crippen molar-refractivity contribution in [3.8, 4) is 0 Å². The summed E-state index contributed by atoms with van der Waals surface area (Å²) in [6, 6.07) is 6.30. The number of aryl methyl sites for hydroxylation is 1. The average molecular weight is 346 g/mol. The van der Waals surface area contributed by atoms with Crippen molar-refractivity contribution >= 4 is 22.5 Å². The molecule has 0 saturated carbocycles. The number of benzene rings is 1. The Morgan fingerprint density at radius 1 is 1.30 bits per heavy atom. The fraction of sp³-hybridized carbons (Fsp3) is 0.308. The second-order valence-electron chi connectivity index (χ2n) is 4.67. The molecule has 3 N–H and O–H groups in total.